The Balaban J connectivity index is 1.46. The highest BCUT2D eigenvalue weighted by Crippen LogP contribution is 2.32. The third kappa shape index (κ3) is 3.32. The fourth-order valence-corrected chi connectivity index (χ4v) is 3.57. The van der Waals surface area contributed by atoms with Crippen molar-refractivity contribution in [3.05, 3.63) is 72.2 Å². The van der Waals surface area contributed by atoms with E-state index in [1.807, 2.05) is 48.3 Å². The number of hydrogen-bond acceptors (Lipinski definition) is 5. The summed E-state index contributed by atoms with van der Waals surface area (Å²) in [6.45, 7) is 1.48. The van der Waals surface area contributed by atoms with Crippen molar-refractivity contribution in [3.8, 4) is 0 Å². The highest BCUT2D eigenvalue weighted by Gasteiger charge is 2.37. The minimum absolute atomic E-state index is 0.635. The lowest BCUT2D eigenvalue weighted by Crippen LogP contribution is -2.44. The number of anilines is 1. The minimum atomic E-state index is -0.866. The van der Waals surface area contributed by atoms with Crippen molar-refractivity contribution in [2.45, 2.75) is 24.9 Å². The van der Waals surface area contributed by atoms with Gasteiger partial charge in [0.05, 0.1) is 0 Å². The van der Waals surface area contributed by atoms with Crippen LogP contribution < -0.4 is 4.90 Å². The zero-order valence-electron chi connectivity index (χ0n) is 14.9. The summed E-state index contributed by atoms with van der Waals surface area (Å²) < 4.78 is 1.90. The fraction of sp³-hybridized carbons (Fsp3) is 0.350. The predicted octanol–water partition coefficient (Wildman–Crippen LogP) is 2.29. The van der Waals surface area contributed by atoms with Gasteiger partial charge in [-0.1, -0.05) is 30.3 Å². The second-order valence-electron chi connectivity index (χ2n) is 6.87. The molecule has 3 heterocycles. The van der Waals surface area contributed by atoms with Gasteiger partial charge in [0.2, 0.25) is 0 Å². The summed E-state index contributed by atoms with van der Waals surface area (Å²) in [7, 11) is 1.92. The highest BCUT2D eigenvalue weighted by atomic mass is 16.3. The van der Waals surface area contributed by atoms with Gasteiger partial charge >= 0.3 is 0 Å². The molecule has 26 heavy (non-hydrogen) atoms. The molecule has 0 spiro atoms. The average Bonchev–Trinajstić information content (AvgIpc) is 3.10. The second-order valence-corrected chi connectivity index (χ2v) is 6.87. The van der Waals surface area contributed by atoms with Gasteiger partial charge in [-0.05, 0) is 11.6 Å². The summed E-state index contributed by atoms with van der Waals surface area (Å²) in [6.07, 6.45) is 7.42. The third-order valence-electron chi connectivity index (χ3n) is 5.05. The van der Waals surface area contributed by atoms with Gasteiger partial charge in [0, 0.05) is 58.0 Å². The van der Waals surface area contributed by atoms with Crippen molar-refractivity contribution >= 4 is 5.82 Å². The number of aliphatic hydroxyl groups is 1. The summed E-state index contributed by atoms with van der Waals surface area (Å²) in [5.41, 5.74) is 0.335. The Morgan fingerprint density at radius 3 is 2.50 bits per heavy atom. The topological polar surface area (TPSA) is 67.1 Å². The van der Waals surface area contributed by atoms with Crippen LogP contribution in [0.3, 0.4) is 0 Å². The van der Waals surface area contributed by atoms with Gasteiger partial charge in [0.25, 0.3) is 0 Å². The molecular formula is C20H23N5O. The molecule has 4 rings (SSSR count). The Kier molecular flexibility index (Phi) is 4.42. The summed E-state index contributed by atoms with van der Waals surface area (Å²) in [5.74, 6) is 2.48. The van der Waals surface area contributed by atoms with Crippen molar-refractivity contribution in [2.24, 2.45) is 7.05 Å². The van der Waals surface area contributed by atoms with Gasteiger partial charge in [-0.3, -0.25) is 0 Å². The Morgan fingerprint density at radius 2 is 1.81 bits per heavy atom. The molecule has 6 heteroatoms. The van der Waals surface area contributed by atoms with Gasteiger partial charge in [0.1, 0.15) is 23.1 Å². The molecule has 1 aliphatic rings. The van der Waals surface area contributed by atoms with E-state index < -0.39 is 5.60 Å². The fourth-order valence-electron chi connectivity index (χ4n) is 3.57. The standard InChI is InChI=1S/C20H23N5O/c1-24-14-11-22-19(24)20(26)8-12-25(13-9-20)18-7-10-21-17(23-18)15-16-5-3-2-4-6-16/h2-7,10-11,14,26H,8-9,12-13,15H2,1H3. The van der Waals surface area contributed by atoms with E-state index in [1.165, 1.54) is 5.56 Å². The lowest BCUT2D eigenvalue weighted by molar-refractivity contribution is 0.000666. The van der Waals surface area contributed by atoms with Crippen LogP contribution in [0.5, 0.6) is 0 Å². The zero-order chi connectivity index (χ0) is 18.0. The van der Waals surface area contributed by atoms with Crippen molar-refractivity contribution in [2.75, 3.05) is 18.0 Å². The van der Waals surface area contributed by atoms with Crippen LogP contribution in [-0.2, 0) is 19.1 Å². The van der Waals surface area contributed by atoms with E-state index in [4.69, 9.17) is 4.98 Å². The van der Waals surface area contributed by atoms with Crippen molar-refractivity contribution in [1.82, 2.24) is 19.5 Å². The van der Waals surface area contributed by atoms with Crippen molar-refractivity contribution in [3.63, 3.8) is 0 Å². The maximum atomic E-state index is 11.0. The van der Waals surface area contributed by atoms with Gasteiger partial charge in [0.15, 0.2) is 0 Å². The summed E-state index contributed by atoms with van der Waals surface area (Å²) in [4.78, 5) is 15.7. The molecule has 1 N–H and O–H groups in total. The number of aromatic nitrogens is 4. The van der Waals surface area contributed by atoms with E-state index in [1.54, 1.807) is 6.20 Å². The van der Waals surface area contributed by atoms with Crippen LogP contribution in [-0.4, -0.2) is 37.7 Å². The van der Waals surface area contributed by atoms with E-state index >= 15 is 0 Å². The van der Waals surface area contributed by atoms with Crippen molar-refractivity contribution < 1.29 is 5.11 Å². The van der Waals surface area contributed by atoms with Crippen LogP contribution in [0.15, 0.2) is 55.0 Å². The smallest absolute Gasteiger partial charge is 0.140 e. The Morgan fingerprint density at radius 1 is 1.04 bits per heavy atom. The number of imidazole rings is 1. The first-order valence-electron chi connectivity index (χ1n) is 8.95. The van der Waals surface area contributed by atoms with E-state index in [-0.39, 0.29) is 0 Å². The summed E-state index contributed by atoms with van der Waals surface area (Å²) >= 11 is 0. The lowest BCUT2D eigenvalue weighted by atomic mass is 9.90. The largest absolute Gasteiger partial charge is 0.382 e. The number of rotatable bonds is 4. The van der Waals surface area contributed by atoms with E-state index in [0.29, 0.717) is 12.8 Å². The molecule has 1 aromatic carbocycles. The monoisotopic (exact) mass is 349 g/mol. The van der Waals surface area contributed by atoms with E-state index in [9.17, 15) is 5.11 Å². The van der Waals surface area contributed by atoms with E-state index in [2.05, 4.69) is 27.0 Å². The Bertz CT molecular complexity index is 869. The van der Waals surface area contributed by atoms with Crippen LogP contribution in [0, 0.1) is 0 Å². The molecule has 0 aliphatic carbocycles. The molecule has 1 saturated heterocycles. The molecule has 2 aromatic heterocycles. The Labute approximate surface area is 153 Å². The average molecular weight is 349 g/mol. The zero-order valence-corrected chi connectivity index (χ0v) is 14.9. The first-order chi connectivity index (χ1) is 12.6. The molecular weight excluding hydrogens is 326 g/mol. The SMILES string of the molecule is Cn1ccnc1C1(O)CCN(c2ccnc(Cc3ccccc3)n2)CC1. The summed E-state index contributed by atoms with van der Waals surface area (Å²) in [5, 5.41) is 11.0. The molecule has 0 amide bonds. The molecule has 0 radical (unpaired) electrons. The third-order valence-corrected chi connectivity index (χ3v) is 5.05. The molecule has 0 atom stereocenters. The van der Waals surface area contributed by atoms with Crippen LogP contribution >= 0.6 is 0 Å². The van der Waals surface area contributed by atoms with Gasteiger partial charge in [-0.2, -0.15) is 0 Å². The van der Waals surface area contributed by atoms with Gasteiger partial charge < -0.3 is 14.6 Å². The number of hydrogen-bond donors (Lipinski definition) is 1. The second kappa shape index (κ2) is 6.88. The number of nitrogens with zero attached hydrogens (tertiary/aromatic N) is 5. The van der Waals surface area contributed by atoms with Gasteiger partial charge in [-0.25, -0.2) is 15.0 Å². The molecule has 0 saturated carbocycles. The van der Waals surface area contributed by atoms with Crippen LogP contribution in [0.4, 0.5) is 5.82 Å². The first kappa shape index (κ1) is 16.7. The van der Waals surface area contributed by atoms with Crippen molar-refractivity contribution in [1.29, 1.82) is 0 Å². The maximum absolute atomic E-state index is 11.0. The molecule has 1 aliphatic heterocycles. The normalized spacial score (nSPS) is 16.6. The van der Waals surface area contributed by atoms with Crippen LogP contribution in [0.1, 0.15) is 30.1 Å². The van der Waals surface area contributed by atoms with Gasteiger partial charge in [-0.15, -0.1) is 0 Å². The molecule has 3 aromatic rings. The number of piperidine rings is 1. The lowest BCUT2D eigenvalue weighted by Gasteiger charge is -2.38. The number of aryl methyl sites for hydroxylation is 1. The van der Waals surface area contributed by atoms with Crippen LogP contribution in [0.25, 0.3) is 0 Å². The predicted molar refractivity (Wildman–Crippen MR) is 99.8 cm³/mol. The summed E-state index contributed by atoms with van der Waals surface area (Å²) in [6, 6.07) is 12.2. The van der Waals surface area contributed by atoms with Crippen LogP contribution in [0.2, 0.25) is 0 Å². The number of benzene rings is 1. The molecule has 0 bridgehead atoms. The quantitative estimate of drug-likeness (QED) is 0.783. The Hall–Kier alpha value is -2.73. The molecule has 0 unspecified atom stereocenters. The van der Waals surface area contributed by atoms with E-state index in [0.717, 1.165) is 37.0 Å². The molecule has 6 nitrogen and oxygen atoms in total. The molecule has 134 valence electrons. The molecule has 1 fully saturated rings. The first-order valence-corrected chi connectivity index (χ1v) is 8.95. The highest BCUT2D eigenvalue weighted by molar-refractivity contribution is 5.39. The minimum Gasteiger partial charge on any atom is -0.382 e. The maximum Gasteiger partial charge on any atom is 0.140 e.